The molecule has 0 amide bonds. The number of benzene rings is 1. The van der Waals surface area contributed by atoms with Crippen LogP contribution in [0.25, 0.3) is 0 Å². The van der Waals surface area contributed by atoms with Crippen LogP contribution in [-0.4, -0.2) is 31.8 Å². The lowest BCUT2D eigenvalue weighted by Gasteiger charge is -2.22. The van der Waals surface area contributed by atoms with E-state index >= 15 is 0 Å². The van der Waals surface area contributed by atoms with Gasteiger partial charge in [-0.2, -0.15) is 0 Å². The first-order valence-corrected chi connectivity index (χ1v) is 9.07. The van der Waals surface area contributed by atoms with Gasteiger partial charge < -0.3 is 18.6 Å². The maximum atomic E-state index is 12.4. The van der Waals surface area contributed by atoms with Crippen molar-refractivity contribution in [2.45, 2.75) is 39.2 Å². The highest BCUT2D eigenvalue weighted by atomic mass is 16.6. The van der Waals surface area contributed by atoms with Gasteiger partial charge in [-0.1, -0.05) is 30.3 Å². The molecule has 27 heavy (non-hydrogen) atoms. The van der Waals surface area contributed by atoms with Gasteiger partial charge in [0.05, 0.1) is 26.4 Å². The molecule has 0 aliphatic carbocycles. The van der Waals surface area contributed by atoms with Gasteiger partial charge >= 0.3 is 11.9 Å². The van der Waals surface area contributed by atoms with Crippen molar-refractivity contribution < 1.29 is 28.2 Å². The van der Waals surface area contributed by atoms with Gasteiger partial charge in [-0.3, -0.25) is 9.59 Å². The predicted molar refractivity (Wildman–Crippen MR) is 99.1 cm³/mol. The Bertz CT molecular complexity index is 716. The van der Waals surface area contributed by atoms with Crippen LogP contribution in [0.5, 0.6) is 0 Å². The molecule has 0 radical (unpaired) electrons. The molecule has 1 aromatic heterocycles. The summed E-state index contributed by atoms with van der Waals surface area (Å²) in [5.74, 6) is -0.551. The molecule has 0 aliphatic rings. The number of carbonyl (C=O) groups is 2. The molecule has 6 heteroatoms. The van der Waals surface area contributed by atoms with Gasteiger partial charge in [-0.15, -0.1) is 0 Å². The first kappa shape index (κ1) is 20.7. The van der Waals surface area contributed by atoms with E-state index in [0.29, 0.717) is 25.4 Å². The van der Waals surface area contributed by atoms with Crippen LogP contribution in [0, 0.1) is 0 Å². The Morgan fingerprint density at radius 1 is 0.963 bits per heavy atom. The van der Waals surface area contributed by atoms with Crippen LogP contribution in [-0.2, 0) is 42.2 Å². The molecule has 2 rings (SSSR count). The average molecular weight is 374 g/mol. The molecule has 0 saturated carbocycles. The quantitative estimate of drug-likeness (QED) is 0.360. The summed E-state index contributed by atoms with van der Waals surface area (Å²) in [5.41, 5.74) is -0.537. The van der Waals surface area contributed by atoms with Crippen molar-refractivity contribution in [3.63, 3.8) is 0 Å². The number of rotatable bonds is 10. The summed E-state index contributed by atoms with van der Waals surface area (Å²) in [7, 11) is 0. The molecular weight excluding hydrogens is 348 g/mol. The van der Waals surface area contributed by atoms with Gasteiger partial charge in [0.25, 0.3) is 0 Å². The van der Waals surface area contributed by atoms with Crippen LogP contribution in [0.1, 0.15) is 37.9 Å². The Morgan fingerprint density at radius 3 is 2.19 bits per heavy atom. The summed E-state index contributed by atoms with van der Waals surface area (Å²) < 4.78 is 21.5. The Labute approximate surface area is 159 Å². The molecular formula is C21H26O6. The zero-order valence-electron chi connectivity index (χ0n) is 16.0. The SMILES string of the molecule is CCOC(=O)C(C)(C(=O)OCC)c1ccc(CCOCc2ccccc2)o1. The second kappa shape index (κ2) is 9.92. The topological polar surface area (TPSA) is 75.0 Å². The van der Waals surface area contributed by atoms with E-state index in [1.807, 2.05) is 30.3 Å². The second-order valence-corrected chi connectivity index (χ2v) is 6.12. The van der Waals surface area contributed by atoms with Gasteiger partial charge in [0, 0.05) is 6.42 Å². The lowest BCUT2D eigenvalue weighted by atomic mass is 9.88. The first-order chi connectivity index (χ1) is 13.0. The highest BCUT2D eigenvalue weighted by Gasteiger charge is 2.49. The highest BCUT2D eigenvalue weighted by molar-refractivity contribution is 6.05. The van der Waals surface area contributed by atoms with E-state index in [1.165, 1.54) is 6.92 Å². The summed E-state index contributed by atoms with van der Waals surface area (Å²) in [4.78, 5) is 24.8. The average Bonchev–Trinajstić information content (AvgIpc) is 3.15. The number of carbonyl (C=O) groups excluding carboxylic acids is 2. The molecule has 2 aromatic rings. The van der Waals surface area contributed by atoms with E-state index in [0.717, 1.165) is 5.56 Å². The number of furan rings is 1. The van der Waals surface area contributed by atoms with Gasteiger partial charge in [0.2, 0.25) is 5.41 Å². The number of hydrogen-bond acceptors (Lipinski definition) is 6. The highest BCUT2D eigenvalue weighted by Crippen LogP contribution is 2.29. The molecule has 0 aliphatic heterocycles. The normalized spacial score (nSPS) is 11.2. The third kappa shape index (κ3) is 5.20. The van der Waals surface area contributed by atoms with Crippen molar-refractivity contribution in [1.29, 1.82) is 0 Å². The molecule has 0 fully saturated rings. The van der Waals surface area contributed by atoms with Crippen LogP contribution >= 0.6 is 0 Å². The molecule has 0 bridgehead atoms. The van der Waals surface area contributed by atoms with Crippen LogP contribution in [0.4, 0.5) is 0 Å². The zero-order chi connectivity index (χ0) is 19.7. The molecule has 0 atom stereocenters. The maximum Gasteiger partial charge on any atom is 0.331 e. The monoisotopic (exact) mass is 374 g/mol. The van der Waals surface area contributed by atoms with Crippen molar-refractivity contribution in [3.05, 3.63) is 59.5 Å². The van der Waals surface area contributed by atoms with Gasteiger partial charge in [-0.05, 0) is 38.5 Å². The Balaban J connectivity index is 2.01. The lowest BCUT2D eigenvalue weighted by molar-refractivity contribution is -0.164. The van der Waals surface area contributed by atoms with Crippen molar-refractivity contribution in [3.8, 4) is 0 Å². The van der Waals surface area contributed by atoms with Crippen molar-refractivity contribution >= 4 is 11.9 Å². The Morgan fingerprint density at radius 2 is 1.59 bits per heavy atom. The second-order valence-electron chi connectivity index (χ2n) is 6.12. The fraction of sp³-hybridized carbons (Fsp3) is 0.429. The molecule has 0 N–H and O–H groups in total. The molecule has 1 aromatic carbocycles. The van der Waals surface area contributed by atoms with Gasteiger partial charge in [-0.25, -0.2) is 0 Å². The van der Waals surface area contributed by atoms with Gasteiger partial charge in [0.15, 0.2) is 0 Å². The maximum absolute atomic E-state index is 12.4. The van der Waals surface area contributed by atoms with Gasteiger partial charge in [0.1, 0.15) is 11.5 Å². The molecule has 1 heterocycles. The Hall–Kier alpha value is -2.60. The van der Waals surface area contributed by atoms with E-state index in [9.17, 15) is 9.59 Å². The van der Waals surface area contributed by atoms with E-state index in [4.69, 9.17) is 18.6 Å². The van der Waals surface area contributed by atoms with Crippen LogP contribution in [0.15, 0.2) is 46.9 Å². The molecule has 6 nitrogen and oxygen atoms in total. The van der Waals surface area contributed by atoms with E-state index in [1.54, 1.807) is 26.0 Å². The van der Waals surface area contributed by atoms with Crippen LogP contribution in [0.3, 0.4) is 0 Å². The fourth-order valence-electron chi connectivity index (χ4n) is 2.55. The first-order valence-electron chi connectivity index (χ1n) is 9.07. The third-order valence-corrected chi connectivity index (χ3v) is 4.13. The molecule has 0 spiro atoms. The van der Waals surface area contributed by atoms with Crippen molar-refractivity contribution in [1.82, 2.24) is 0 Å². The summed E-state index contributed by atoms with van der Waals surface area (Å²) in [6.07, 6.45) is 0.522. The van der Waals surface area contributed by atoms with E-state index in [-0.39, 0.29) is 19.0 Å². The van der Waals surface area contributed by atoms with E-state index in [2.05, 4.69) is 0 Å². The third-order valence-electron chi connectivity index (χ3n) is 4.13. The standard InChI is InChI=1S/C21H26O6/c1-4-25-19(22)21(3,20(23)26-5-2)18-12-11-17(27-18)13-14-24-15-16-9-7-6-8-10-16/h6-12H,4-5,13-15H2,1-3H3. The smallest absolute Gasteiger partial charge is 0.331 e. The number of hydrogen-bond donors (Lipinski definition) is 0. The van der Waals surface area contributed by atoms with Crippen LogP contribution < -0.4 is 0 Å². The summed E-state index contributed by atoms with van der Waals surface area (Å²) in [6, 6.07) is 13.2. The minimum atomic E-state index is -1.63. The summed E-state index contributed by atoms with van der Waals surface area (Å²) in [6.45, 7) is 6.11. The minimum absolute atomic E-state index is 0.161. The zero-order valence-corrected chi connectivity index (χ0v) is 16.0. The van der Waals surface area contributed by atoms with Crippen molar-refractivity contribution in [2.75, 3.05) is 19.8 Å². The molecule has 0 unspecified atom stereocenters. The largest absolute Gasteiger partial charge is 0.465 e. The predicted octanol–water partition coefficient (Wildman–Crippen LogP) is 3.42. The van der Waals surface area contributed by atoms with E-state index < -0.39 is 17.4 Å². The summed E-state index contributed by atoms with van der Waals surface area (Å²) >= 11 is 0. The number of esters is 2. The minimum Gasteiger partial charge on any atom is -0.465 e. The number of ether oxygens (including phenoxy) is 3. The fourth-order valence-corrected chi connectivity index (χ4v) is 2.55. The van der Waals surface area contributed by atoms with Crippen molar-refractivity contribution in [2.24, 2.45) is 0 Å². The van der Waals surface area contributed by atoms with Crippen LogP contribution in [0.2, 0.25) is 0 Å². The lowest BCUT2D eigenvalue weighted by Crippen LogP contribution is -2.43. The Kier molecular flexibility index (Phi) is 7.61. The molecule has 146 valence electrons. The summed E-state index contributed by atoms with van der Waals surface area (Å²) in [5, 5.41) is 0. The molecule has 0 saturated heterocycles.